The van der Waals surface area contributed by atoms with Gasteiger partial charge >= 0.3 is 0 Å². The summed E-state index contributed by atoms with van der Waals surface area (Å²) in [5.74, 6) is 0.599. The molecule has 0 bridgehead atoms. The second-order valence-corrected chi connectivity index (χ2v) is 8.07. The maximum atomic E-state index is 12.7. The predicted molar refractivity (Wildman–Crippen MR) is 122 cm³/mol. The fourth-order valence-electron chi connectivity index (χ4n) is 3.90. The number of nitrogens with zero attached hydrogens (tertiary/aromatic N) is 1. The molecule has 0 radical (unpaired) electrons. The van der Waals surface area contributed by atoms with Crippen molar-refractivity contribution in [1.29, 1.82) is 0 Å². The number of amides is 1. The number of rotatable bonds is 4. The van der Waals surface area contributed by atoms with E-state index in [0.29, 0.717) is 21.9 Å². The second-order valence-electron chi connectivity index (χ2n) is 7.26. The molecule has 154 valence electrons. The van der Waals surface area contributed by atoms with Crippen molar-refractivity contribution in [2.75, 3.05) is 12.4 Å². The standard InChI is InChI=1S/C21H22Cl2N4O.ClH/c1-24-14-8-5-12(6-9-14)21(28)25-20-15-11-13(7-10-18(15)26-27-20)19-16(22)3-2-4-17(19)23;/h2-4,7,10-12,14,24H,5-6,8-9H2,1H3,(H2,25,26,27,28);1H. The van der Waals surface area contributed by atoms with E-state index in [9.17, 15) is 4.79 Å². The summed E-state index contributed by atoms with van der Waals surface area (Å²) >= 11 is 12.7. The van der Waals surface area contributed by atoms with Gasteiger partial charge < -0.3 is 10.6 Å². The van der Waals surface area contributed by atoms with Gasteiger partial charge in [0.25, 0.3) is 0 Å². The molecule has 1 heterocycles. The molecule has 1 aliphatic carbocycles. The number of aromatic amines is 1. The van der Waals surface area contributed by atoms with Gasteiger partial charge in [-0.2, -0.15) is 5.10 Å². The number of H-pyrrole nitrogens is 1. The van der Waals surface area contributed by atoms with E-state index in [1.54, 1.807) is 0 Å². The van der Waals surface area contributed by atoms with Crippen molar-refractivity contribution in [3.8, 4) is 11.1 Å². The van der Waals surface area contributed by atoms with Crippen LogP contribution in [0.5, 0.6) is 0 Å². The first-order chi connectivity index (χ1) is 13.6. The number of halogens is 3. The van der Waals surface area contributed by atoms with Crippen molar-refractivity contribution in [3.05, 3.63) is 46.4 Å². The zero-order valence-corrected chi connectivity index (χ0v) is 18.3. The Morgan fingerprint density at radius 2 is 1.79 bits per heavy atom. The van der Waals surface area contributed by atoms with Gasteiger partial charge in [-0.05, 0) is 62.6 Å². The van der Waals surface area contributed by atoms with Gasteiger partial charge in [0.15, 0.2) is 5.82 Å². The van der Waals surface area contributed by atoms with Crippen molar-refractivity contribution in [1.82, 2.24) is 15.5 Å². The summed E-state index contributed by atoms with van der Waals surface area (Å²) in [6, 6.07) is 11.8. The van der Waals surface area contributed by atoms with Crippen molar-refractivity contribution in [2.24, 2.45) is 5.92 Å². The third kappa shape index (κ3) is 4.53. The topological polar surface area (TPSA) is 69.8 Å². The van der Waals surface area contributed by atoms with Crippen LogP contribution in [-0.4, -0.2) is 29.2 Å². The van der Waals surface area contributed by atoms with Gasteiger partial charge in [-0.25, -0.2) is 0 Å². The van der Waals surface area contributed by atoms with Gasteiger partial charge in [0.1, 0.15) is 0 Å². The lowest BCUT2D eigenvalue weighted by molar-refractivity contribution is -0.120. The molecule has 1 saturated carbocycles. The van der Waals surface area contributed by atoms with Crippen molar-refractivity contribution in [3.63, 3.8) is 0 Å². The van der Waals surface area contributed by atoms with Gasteiger partial charge in [0, 0.05) is 33.0 Å². The molecule has 0 unspecified atom stereocenters. The third-order valence-electron chi connectivity index (χ3n) is 5.56. The van der Waals surface area contributed by atoms with Crippen LogP contribution in [0.25, 0.3) is 22.0 Å². The Morgan fingerprint density at radius 3 is 2.45 bits per heavy atom. The first kappa shape index (κ1) is 21.9. The largest absolute Gasteiger partial charge is 0.317 e. The number of hydrogen-bond donors (Lipinski definition) is 3. The van der Waals surface area contributed by atoms with E-state index < -0.39 is 0 Å². The van der Waals surface area contributed by atoms with E-state index in [-0.39, 0.29) is 24.2 Å². The molecule has 0 atom stereocenters. The zero-order chi connectivity index (χ0) is 19.7. The van der Waals surface area contributed by atoms with Crippen molar-refractivity contribution < 1.29 is 4.79 Å². The minimum absolute atomic E-state index is 0. The van der Waals surface area contributed by atoms with E-state index in [1.165, 1.54) is 0 Å². The minimum atomic E-state index is 0. The summed E-state index contributed by atoms with van der Waals surface area (Å²) in [6.45, 7) is 0. The highest BCUT2D eigenvalue weighted by molar-refractivity contribution is 6.39. The van der Waals surface area contributed by atoms with Crippen LogP contribution in [0.2, 0.25) is 10.0 Å². The first-order valence-electron chi connectivity index (χ1n) is 9.47. The Balaban J connectivity index is 0.00000240. The molecule has 3 N–H and O–H groups in total. The van der Waals surface area contributed by atoms with Crippen molar-refractivity contribution >= 4 is 58.2 Å². The Morgan fingerprint density at radius 1 is 1.10 bits per heavy atom. The number of anilines is 1. The van der Waals surface area contributed by atoms with Crippen LogP contribution >= 0.6 is 35.6 Å². The number of carbonyl (C=O) groups excluding carboxylic acids is 1. The van der Waals surface area contributed by atoms with E-state index >= 15 is 0 Å². The number of nitrogens with one attached hydrogen (secondary N) is 3. The Labute approximate surface area is 186 Å². The molecule has 0 spiro atoms. The van der Waals surface area contributed by atoms with Crippen LogP contribution in [-0.2, 0) is 4.79 Å². The molecule has 1 fully saturated rings. The SMILES string of the molecule is CNC1CCC(C(=O)Nc2n[nH]c3ccc(-c4c(Cl)cccc4Cl)cc23)CC1.Cl. The lowest BCUT2D eigenvalue weighted by Gasteiger charge is -2.27. The third-order valence-corrected chi connectivity index (χ3v) is 6.19. The summed E-state index contributed by atoms with van der Waals surface area (Å²) in [5, 5.41) is 15.6. The summed E-state index contributed by atoms with van der Waals surface area (Å²) in [7, 11) is 1.98. The number of carbonyl (C=O) groups is 1. The molecule has 0 aliphatic heterocycles. The molecular weight excluding hydrogens is 431 g/mol. The summed E-state index contributed by atoms with van der Waals surface area (Å²) in [4.78, 5) is 12.7. The summed E-state index contributed by atoms with van der Waals surface area (Å²) in [5.41, 5.74) is 2.51. The van der Waals surface area contributed by atoms with Gasteiger partial charge in [-0.3, -0.25) is 9.89 Å². The van der Waals surface area contributed by atoms with Crippen LogP contribution < -0.4 is 10.6 Å². The number of benzene rings is 2. The molecular formula is C21H23Cl3N4O. The second kappa shape index (κ2) is 9.35. The fourth-order valence-corrected chi connectivity index (χ4v) is 4.52. The van der Waals surface area contributed by atoms with E-state index in [1.807, 2.05) is 43.4 Å². The lowest BCUT2D eigenvalue weighted by atomic mass is 9.85. The van der Waals surface area contributed by atoms with Crippen LogP contribution in [0.3, 0.4) is 0 Å². The van der Waals surface area contributed by atoms with Gasteiger partial charge in [-0.15, -0.1) is 12.4 Å². The highest BCUT2D eigenvalue weighted by Gasteiger charge is 2.26. The van der Waals surface area contributed by atoms with Crippen LogP contribution in [0.1, 0.15) is 25.7 Å². The Hall–Kier alpha value is -1.79. The highest BCUT2D eigenvalue weighted by Crippen LogP contribution is 2.37. The molecule has 1 amide bonds. The normalized spacial score (nSPS) is 19.0. The van der Waals surface area contributed by atoms with Crippen LogP contribution in [0, 0.1) is 5.92 Å². The minimum Gasteiger partial charge on any atom is -0.317 e. The molecule has 4 rings (SSSR count). The highest BCUT2D eigenvalue weighted by atomic mass is 35.5. The predicted octanol–water partition coefficient (Wildman–Crippen LogP) is 5.68. The van der Waals surface area contributed by atoms with Gasteiger partial charge in [0.05, 0.1) is 5.52 Å². The summed E-state index contributed by atoms with van der Waals surface area (Å²) in [6.07, 6.45) is 3.82. The zero-order valence-electron chi connectivity index (χ0n) is 16.0. The smallest absolute Gasteiger partial charge is 0.228 e. The quantitative estimate of drug-likeness (QED) is 0.476. The van der Waals surface area contributed by atoms with E-state index in [2.05, 4.69) is 20.8 Å². The lowest BCUT2D eigenvalue weighted by Crippen LogP contribution is -2.34. The molecule has 29 heavy (non-hydrogen) atoms. The molecule has 3 aromatic rings. The molecule has 1 aromatic heterocycles. The first-order valence-corrected chi connectivity index (χ1v) is 10.2. The van der Waals surface area contributed by atoms with Crippen LogP contribution in [0.4, 0.5) is 5.82 Å². The number of hydrogen-bond acceptors (Lipinski definition) is 3. The Kier molecular flexibility index (Phi) is 7.06. The monoisotopic (exact) mass is 452 g/mol. The molecule has 1 aliphatic rings. The van der Waals surface area contributed by atoms with Crippen LogP contribution in [0.15, 0.2) is 36.4 Å². The summed E-state index contributed by atoms with van der Waals surface area (Å²) < 4.78 is 0. The van der Waals surface area contributed by atoms with Gasteiger partial charge in [0.2, 0.25) is 5.91 Å². The fraction of sp³-hybridized carbons (Fsp3) is 0.333. The molecule has 8 heteroatoms. The average molecular weight is 454 g/mol. The molecule has 0 saturated heterocycles. The molecule has 5 nitrogen and oxygen atoms in total. The maximum absolute atomic E-state index is 12.7. The number of aromatic nitrogens is 2. The number of fused-ring (bicyclic) bond motifs is 1. The van der Waals surface area contributed by atoms with E-state index in [4.69, 9.17) is 23.2 Å². The average Bonchev–Trinajstić information content (AvgIpc) is 3.10. The van der Waals surface area contributed by atoms with Gasteiger partial charge in [-0.1, -0.05) is 35.3 Å². The molecule has 2 aromatic carbocycles. The van der Waals surface area contributed by atoms with Crippen molar-refractivity contribution in [2.45, 2.75) is 31.7 Å². The van der Waals surface area contributed by atoms with E-state index in [0.717, 1.165) is 47.7 Å². The maximum Gasteiger partial charge on any atom is 0.228 e. The Bertz CT molecular complexity index is 992.